The molecule has 0 unspecified atom stereocenters. The topological polar surface area (TPSA) is 23.5 Å². The van der Waals surface area contributed by atoms with E-state index in [0.717, 1.165) is 25.9 Å². The Morgan fingerprint density at radius 3 is 3.00 bits per heavy atom. The number of rotatable bonds is 2. The number of hydrogen-bond donors (Lipinski definition) is 1. The fourth-order valence-electron chi connectivity index (χ4n) is 1.63. The minimum absolute atomic E-state index is 0.0777. The van der Waals surface area contributed by atoms with E-state index in [4.69, 9.17) is 0 Å². The number of likely N-dealkylation sites (tertiary alicyclic amines) is 1. The lowest BCUT2D eigenvalue weighted by molar-refractivity contribution is 0.0547. The van der Waals surface area contributed by atoms with Gasteiger partial charge in [-0.1, -0.05) is 6.08 Å². The van der Waals surface area contributed by atoms with Gasteiger partial charge >= 0.3 is 0 Å². The lowest BCUT2D eigenvalue weighted by atomic mass is 10.0. The van der Waals surface area contributed by atoms with Crippen molar-refractivity contribution in [2.24, 2.45) is 0 Å². The van der Waals surface area contributed by atoms with Crippen LogP contribution in [0.1, 0.15) is 19.8 Å². The van der Waals surface area contributed by atoms with Crippen LogP contribution in [0.5, 0.6) is 0 Å². The molecule has 0 amide bonds. The summed E-state index contributed by atoms with van der Waals surface area (Å²) in [4.78, 5) is 2.35. The third-order valence-corrected chi connectivity index (χ3v) is 2.35. The van der Waals surface area contributed by atoms with Crippen LogP contribution in [0.3, 0.4) is 0 Å². The van der Waals surface area contributed by atoms with Crippen LogP contribution in [0.4, 0.5) is 0 Å². The van der Waals surface area contributed by atoms with E-state index < -0.39 is 0 Å². The molecular weight excluding hydrogens is 138 g/mol. The van der Waals surface area contributed by atoms with Crippen molar-refractivity contribution < 1.29 is 5.11 Å². The molecule has 64 valence electrons. The van der Waals surface area contributed by atoms with Crippen LogP contribution >= 0.6 is 0 Å². The molecule has 1 aliphatic heterocycles. The lowest BCUT2D eigenvalue weighted by Crippen LogP contribution is -2.42. The van der Waals surface area contributed by atoms with Gasteiger partial charge < -0.3 is 5.11 Å². The molecule has 2 heteroatoms. The highest BCUT2D eigenvalue weighted by atomic mass is 16.3. The number of piperidine rings is 1. The number of aliphatic hydroxyl groups is 1. The molecular formula is C9H17NO. The van der Waals surface area contributed by atoms with Gasteiger partial charge in [0.05, 0.1) is 6.10 Å². The quantitative estimate of drug-likeness (QED) is 0.602. The molecule has 1 fully saturated rings. The van der Waals surface area contributed by atoms with Crippen molar-refractivity contribution in [3.05, 3.63) is 12.7 Å². The molecule has 2 nitrogen and oxygen atoms in total. The van der Waals surface area contributed by atoms with Gasteiger partial charge in [-0.2, -0.15) is 0 Å². The fourth-order valence-corrected chi connectivity index (χ4v) is 1.63. The molecule has 1 aliphatic rings. The van der Waals surface area contributed by atoms with Crippen molar-refractivity contribution in [1.82, 2.24) is 4.90 Å². The van der Waals surface area contributed by atoms with E-state index in [9.17, 15) is 5.11 Å². The Morgan fingerprint density at radius 1 is 1.73 bits per heavy atom. The van der Waals surface area contributed by atoms with Gasteiger partial charge in [0.25, 0.3) is 0 Å². The summed E-state index contributed by atoms with van der Waals surface area (Å²) in [5, 5.41) is 9.31. The zero-order chi connectivity index (χ0) is 8.27. The van der Waals surface area contributed by atoms with E-state index in [1.165, 1.54) is 0 Å². The van der Waals surface area contributed by atoms with Gasteiger partial charge in [-0.25, -0.2) is 0 Å². The minimum Gasteiger partial charge on any atom is -0.393 e. The van der Waals surface area contributed by atoms with Gasteiger partial charge in [0.15, 0.2) is 0 Å². The van der Waals surface area contributed by atoms with Gasteiger partial charge in [0.2, 0.25) is 0 Å². The summed E-state index contributed by atoms with van der Waals surface area (Å²) in [6, 6.07) is 0.511. The van der Waals surface area contributed by atoms with Crippen LogP contribution in [0.2, 0.25) is 0 Å². The van der Waals surface area contributed by atoms with E-state index in [0.29, 0.717) is 6.04 Å². The Balaban J connectivity index is 2.37. The first-order chi connectivity index (χ1) is 5.24. The maximum absolute atomic E-state index is 9.31. The van der Waals surface area contributed by atoms with E-state index in [1.54, 1.807) is 0 Å². The van der Waals surface area contributed by atoms with Crippen molar-refractivity contribution in [2.75, 3.05) is 13.1 Å². The van der Waals surface area contributed by atoms with Crippen LogP contribution in [0.25, 0.3) is 0 Å². The van der Waals surface area contributed by atoms with Crippen LogP contribution in [-0.2, 0) is 0 Å². The molecule has 11 heavy (non-hydrogen) atoms. The van der Waals surface area contributed by atoms with Crippen molar-refractivity contribution >= 4 is 0 Å². The molecule has 2 atom stereocenters. The Labute approximate surface area is 68.5 Å². The van der Waals surface area contributed by atoms with E-state index >= 15 is 0 Å². The van der Waals surface area contributed by atoms with Gasteiger partial charge in [-0.3, -0.25) is 4.90 Å². The molecule has 1 rings (SSSR count). The van der Waals surface area contributed by atoms with E-state index in [1.807, 2.05) is 6.08 Å². The third-order valence-electron chi connectivity index (χ3n) is 2.35. The molecule has 1 heterocycles. The standard InChI is InChI=1S/C9H17NO/c1-3-5-10-6-4-9(11)7-8(10)2/h3,8-9,11H,1,4-7H2,2H3/t8-,9+/m1/s1. The summed E-state index contributed by atoms with van der Waals surface area (Å²) >= 11 is 0. The molecule has 0 aromatic rings. The molecule has 1 N–H and O–H groups in total. The first kappa shape index (κ1) is 8.75. The van der Waals surface area contributed by atoms with Crippen molar-refractivity contribution in [1.29, 1.82) is 0 Å². The van der Waals surface area contributed by atoms with Crippen molar-refractivity contribution in [2.45, 2.75) is 31.9 Å². The summed E-state index contributed by atoms with van der Waals surface area (Å²) in [5.74, 6) is 0. The summed E-state index contributed by atoms with van der Waals surface area (Å²) in [6.45, 7) is 7.82. The second-order valence-electron chi connectivity index (χ2n) is 3.31. The molecule has 1 saturated heterocycles. The van der Waals surface area contributed by atoms with Crippen molar-refractivity contribution in [3.63, 3.8) is 0 Å². The third kappa shape index (κ3) is 2.31. The summed E-state index contributed by atoms with van der Waals surface area (Å²) in [7, 11) is 0. The molecule has 0 aromatic carbocycles. The molecule has 0 aliphatic carbocycles. The zero-order valence-electron chi connectivity index (χ0n) is 7.16. The van der Waals surface area contributed by atoms with Crippen LogP contribution < -0.4 is 0 Å². The first-order valence-electron chi connectivity index (χ1n) is 4.27. The molecule has 0 saturated carbocycles. The van der Waals surface area contributed by atoms with Crippen LogP contribution in [-0.4, -0.2) is 35.2 Å². The first-order valence-corrected chi connectivity index (χ1v) is 4.27. The largest absolute Gasteiger partial charge is 0.393 e. The second kappa shape index (κ2) is 3.88. The normalized spacial score (nSPS) is 33.6. The highest BCUT2D eigenvalue weighted by molar-refractivity contribution is 4.83. The number of aliphatic hydroxyl groups excluding tert-OH is 1. The lowest BCUT2D eigenvalue weighted by Gasteiger charge is -2.34. The second-order valence-corrected chi connectivity index (χ2v) is 3.31. The highest BCUT2D eigenvalue weighted by Crippen LogP contribution is 2.16. The average Bonchev–Trinajstić information content (AvgIpc) is 1.95. The molecule has 0 radical (unpaired) electrons. The minimum atomic E-state index is -0.0777. The van der Waals surface area contributed by atoms with Gasteiger partial charge in [0, 0.05) is 19.1 Å². The zero-order valence-corrected chi connectivity index (χ0v) is 7.16. The Hall–Kier alpha value is -0.340. The number of nitrogens with zero attached hydrogens (tertiary/aromatic N) is 1. The smallest absolute Gasteiger partial charge is 0.0567 e. The van der Waals surface area contributed by atoms with Crippen LogP contribution in [0, 0.1) is 0 Å². The SMILES string of the molecule is C=CCN1CC[C@H](O)C[C@H]1C. The van der Waals surface area contributed by atoms with E-state index in [2.05, 4.69) is 18.4 Å². The summed E-state index contributed by atoms with van der Waals surface area (Å²) in [6.07, 6.45) is 3.67. The number of hydrogen-bond acceptors (Lipinski definition) is 2. The van der Waals surface area contributed by atoms with E-state index in [-0.39, 0.29) is 6.10 Å². The van der Waals surface area contributed by atoms with Gasteiger partial charge in [0.1, 0.15) is 0 Å². The summed E-state index contributed by atoms with van der Waals surface area (Å²) < 4.78 is 0. The van der Waals surface area contributed by atoms with Gasteiger partial charge in [-0.15, -0.1) is 6.58 Å². The van der Waals surface area contributed by atoms with Crippen LogP contribution in [0.15, 0.2) is 12.7 Å². The maximum atomic E-state index is 9.31. The Kier molecular flexibility index (Phi) is 3.09. The summed E-state index contributed by atoms with van der Waals surface area (Å²) in [5.41, 5.74) is 0. The highest BCUT2D eigenvalue weighted by Gasteiger charge is 2.22. The predicted octanol–water partition coefficient (Wildman–Crippen LogP) is 1.02. The van der Waals surface area contributed by atoms with Crippen molar-refractivity contribution in [3.8, 4) is 0 Å². The molecule has 0 bridgehead atoms. The molecule has 0 spiro atoms. The monoisotopic (exact) mass is 155 g/mol. The average molecular weight is 155 g/mol. The predicted molar refractivity (Wildman–Crippen MR) is 46.5 cm³/mol. The maximum Gasteiger partial charge on any atom is 0.0567 e. The Bertz CT molecular complexity index is 136. The Morgan fingerprint density at radius 2 is 2.45 bits per heavy atom. The van der Waals surface area contributed by atoms with Gasteiger partial charge in [-0.05, 0) is 19.8 Å². The molecule has 0 aromatic heterocycles. The fraction of sp³-hybridized carbons (Fsp3) is 0.778.